The predicted octanol–water partition coefficient (Wildman–Crippen LogP) is -4.77. The molecule has 0 aliphatic rings. The molecule has 22 nitrogen and oxygen atoms in total. The molecule has 0 fully saturated rings. The van der Waals surface area contributed by atoms with Crippen LogP contribution < -0.4 is 28.7 Å². The Morgan fingerprint density at radius 2 is 0.351 bits per heavy atom. The zero-order chi connectivity index (χ0) is 54.9. The number of rotatable bonds is 59. The summed E-state index contributed by atoms with van der Waals surface area (Å²) in [6.07, 6.45) is 3.20. The van der Waals surface area contributed by atoms with Gasteiger partial charge in [0.2, 0.25) is 0 Å². The Hall–Kier alpha value is -0.880. The van der Waals surface area contributed by atoms with Gasteiger partial charge >= 0.3 is 0 Å². The zero-order valence-electron chi connectivity index (χ0n) is 48.4. The van der Waals surface area contributed by atoms with Crippen molar-refractivity contribution < 1.29 is 25.5 Å². The Morgan fingerprint density at radius 3 is 0.554 bits per heavy atom. The van der Waals surface area contributed by atoms with Crippen LogP contribution in [0.3, 0.4) is 0 Å². The predicted molar refractivity (Wildman–Crippen MR) is 310 cm³/mol. The highest BCUT2D eigenvalue weighted by Gasteiger charge is 2.19. The van der Waals surface area contributed by atoms with Crippen LogP contribution in [0.1, 0.15) is 40.0 Å². The second-order valence-electron chi connectivity index (χ2n) is 20.1. The van der Waals surface area contributed by atoms with Crippen molar-refractivity contribution in [1.82, 2.24) is 58.8 Å². The van der Waals surface area contributed by atoms with Gasteiger partial charge in [0.05, 0.1) is 33.0 Å². The molecule has 446 valence electrons. The third-order valence-corrected chi connectivity index (χ3v) is 14.1. The molecule has 0 aromatic carbocycles. The summed E-state index contributed by atoms with van der Waals surface area (Å²) in [6.45, 7) is 39.8. The van der Waals surface area contributed by atoms with E-state index in [1.807, 2.05) is 0 Å². The molecule has 0 unspecified atom stereocenters. The highest BCUT2D eigenvalue weighted by Crippen LogP contribution is 2.05. The van der Waals surface area contributed by atoms with Crippen LogP contribution >= 0.6 is 0 Å². The van der Waals surface area contributed by atoms with Crippen LogP contribution in [0.2, 0.25) is 0 Å². The molecule has 0 spiro atoms. The van der Waals surface area contributed by atoms with Crippen LogP contribution in [0.4, 0.5) is 0 Å². The number of nitrogens with two attached hydrogens (primary N) is 5. The molecule has 0 aliphatic heterocycles. The molecule has 0 heterocycles. The van der Waals surface area contributed by atoms with E-state index in [1.54, 1.807) is 0 Å². The average molecular weight is 1070 g/mol. The Kier molecular flexibility index (Phi) is 52.2. The van der Waals surface area contributed by atoms with Gasteiger partial charge in [-0.3, -0.25) is 44.1 Å². The monoisotopic (exact) mass is 1070 g/mol. The highest BCUT2D eigenvalue weighted by molar-refractivity contribution is 4.76. The van der Waals surface area contributed by atoms with Crippen LogP contribution in [0.15, 0.2) is 0 Å². The molecular formula is C52H123N17O5. The van der Waals surface area contributed by atoms with E-state index in [9.17, 15) is 25.5 Å². The first-order valence-electron chi connectivity index (χ1n) is 29.3. The summed E-state index contributed by atoms with van der Waals surface area (Å²) < 4.78 is 0. The van der Waals surface area contributed by atoms with Crippen molar-refractivity contribution in [3.05, 3.63) is 0 Å². The van der Waals surface area contributed by atoms with Gasteiger partial charge in [0.15, 0.2) is 0 Å². The second-order valence-corrected chi connectivity index (χ2v) is 20.1. The number of hydrogen-bond donors (Lipinski definition) is 10. The van der Waals surface area contributed by atoms with E-state index in [1.165, 1.54) is 0 Å². The fourth-order valence-electron chi connectivity index (χ4n) is 9.55. The minimum atomic E-state index is 0.0906. The van der Waals surface area contributed by atoms with Gasteiger partial charge in [-0.15, -0.1) is 0 Å². The minimum absolute atomic E-state index is 0.0906. The summed E-state index contributed by atoms with van der Waals surface area (Å²) >= 11 is 0. The maximum atomic E-state index is 10.4. The zero-order valence-corrected chi connectivity index (χ0v) is 48.4. The van der Waals surface area contributed by atoms with Crippen molar-refractivity contribution in [3.8, 4) is 0 Å². The Bertz CT molecular complexity index is 1100. The molecule has 0 saturated heterocycles. The molecule has 0 rings (SSSR count). The smallest absolute Gasteiger partial charge is 0.0558 e. The Morgan fingerprint density at radius 1 is 0.203 bits per heavy atom. The van der Waals surface area contributed by atoms with Gasteiger partial charge in [-0.1, -0.05) is 20.8 Å². The summed E-state index contributed by atoms with van der Waals surface area (Å²) in [5, 5.41) is 49.9. The van der Waals surface area contributed by atoms with Gasteiger partial charge in [-0.25, -0.2) is 0 Å². The van der Waals surface area contributed by atoms with E-state index in [-0.39, 0.29) is 33.0 Å². The van der Waals surface area contributed by atoms with E-state index in [4.69, 9.17) is 28.7 Å². The van der Waals surface area contributed by atoms with Crippen LogP contribution in [0.5, 0.6) is 0 Å². The normalized spacial score (nSPS) is 12.7. The highest BCUT2D eigenvalue weighted by atomic mass is 16.3. The third-order valence-electron chi connectivity index (χ3n) is 14.1. The van der Waals surface area contributed by atoms with E-state index in [0.29, 0.717) is 65.4 Å². The Labute approximate surface area is 453 Å². The number of likely N-dealkylation sites (N-methyl/N-ethyl adjacent to an activating group) is 1. The van der Waals surface area contributed by atoms with Gasteiger partial charge < -0.3 is 68.9 Å². The van der Waals surface area contributed by atoms with Gasteiger partial charge in [-0.05, 0) is 45.9 Å². The summed E-state index contributed by atoms with van der Waals surface area (Å²) in [7, 11) is 2.15. The standard InChI is InChI=1S/C52H123N17O5/c1-5-13-59(17-9-54)23-29-65(34-40-67(45-50-72)37-26-61(15-7-3)43-48-70)35-42-69(47-52-74)39-33-64(22-21-58(4)16-8-53)31-32-66(30-25-60(14-6-2)24-27-62(18-10-55)19-11-56)36-41-68(46-51-73)38-28-63(20-12-57)44-49-71/h70-74H,5-57H2,1-4H3. The van der Waals surface area contributed by atoms with Crippen molar-refractivity contribution in [3.63, 3.8) is 0 Å². The third kappa shape index (κ3) is 40.3. The molecule has 74 heavy (non-hydrogen) atoms. The molecule has 0 radical (unpaired) electrons. The van der Waals surface area contributed by atoms with Crippen molar-refractivity contribution in [2.24, 2.45) is 28.7 Å². The van der Waals surface area contributed by atoms with Crippen molar-refractivity contribution in [2.45, 2.75) is 40.0 Å². The summed E-state index contributed by atoms with van der Waals surface area (Å²) in [5.74, 6) is 0. The van der Waals surface area contributed by atoms with E-state index >= 15 is 0 Å². The lowest BCUT2D eigenvalue weighted by atomic mass is 10.3. The second kappa shape index (κ2) is 52.8. The largest absolute Gasteiger partial charge is 0.395 e. The summed E-state index contributed by atoms with van der Waals surface area (Å²) in [5.41, 5.74) is 29.9. The maximum absolute atomic E-state index is 10.4. The molecule has 0 saturated carbocycles. The van der Waals surface area contributed by atoms with E-state index in [0.717, 1.165) is 216 Å². The first-order chi connectivity index (χ1) is 36.1. The summed E-state index contributed by atoms with van der Waals surface area (Å²) in [6, 6.07) is 0. The molecule has 22 heteroatoms. The molecule has 0 amide bonds. The van der Waals surface area contributed by atoms with Gasteiger partial charge in [0.1, 0.15) is 0 Å². The Balaban J connectivity index is 6.47. The van der Waals surface area contributed by atoms with Gasteiger partial charge in [0.25, 0.3) is 0 Å². The van der Waals surface area contributed by atoms with Crippen molar-refractivity contribution in [1.29, 1.82) is 0 Å². The molecular weight excluding hydrogens is 943 g/mol. The lowest BCUT2D eigenvalue weighted by molar-refractivity contribution is 0.111. The van der Waals surface area contributed by atoms with Crippen LogP contribution in [-0.4, -0.2) is 386 Å². The minimum Gasteiger partial charge on any atom is -0.395 e. The fraction of sp³-hybridized carbons (Fsp3) is 1.00. The number of aliphatic hydroxyl groups excluding tert-OH is 5. The van der Waals surface area contributed by atoms with Crippen LogP contribution in [0.25, 0.3) is 0 Å². The average Bonchev–Trinajstić information content (AvgIpc) is 3.38. The van der Waals surface area contributed by atoms with Crippen molar-refractivity contribution >= 4 is 0 Å². The van der Waals surface area contributed by atoms with Gasteiger partial charge in [-0.2, -0.15) is 0 Å². The molecule has 0 aromatic rings. The first-order valence-corrected chi connectivity index (χ1v) is 29.3. The lowest BCUT2D eigenvalue weighted by Gasteiger charge is -2.34. The SMILES string of the molecule is CCCN(CCN)CCN(CCN(CCO)CCN(CCC)CCO)CCN(CCO)CCN(CCN(C)CCN)CCN(CCN(CCC)CCN(CCN)CCN)CCN(CCO)CCN(CCN)CCO. The van der Waals surface area contributed by atoms with E-state index < -0.39 is 0 Å². The van der Waals surface area contributed by atoms with Crippen LogP contribution in [-0.2, 0) is 0 Å². The van der Waals surface area contributed by atoms with Crippen LogP contribution in [0, 0.1) is 0 Å². The quantitative estimate of drug-likeness (QED) is 0.0274. The topological polar surface area (TPSA) is 270 Å². The van der Waals surface area contributed by atoms with Crippen molar-refractivity contribution in [2.75, 3.05) is 302 Å². The number of nitrogens with zero attached hydrogens (tertiary/aromatic N) is 12. The first kappa shape index (κ1) is 73.1. The fourth-order valence-corrected chi connectivity index (χ4v) is 9.55. The maximum Gasteiger partial charge on any atom is 0.0558 e. The van der Waals surface area contributed by atoms with Gasteiger partial charge in [0, 0.05) is 242 Å². The molecule has 0 bridgehead atoms. The molecule has 0 aromatic heterocycles. The van der Waals surface area contributed by atoms with E-state index in [2.05, 4.69) is 86.6 Å². The molecule has 0 atom stereocenters. The molecule has 15 N–H and O–H groups in total. The molecule has 0 aliphatic carbocycles. The number of hydrogen-bond acceptors (Lipinski definition) is 22. The number of aliphatic hydroxyl groups is 5. The summed E-state index contributed by atoms with van der Waals surface area (Å²) in [4.78, 5) is 29.1. The lowest BCUT2D eigenvalue weighted by Crippen LogP contribution is -2.48.